The standard InChI is InChI=1S/C17H22N6OS.ClH/c1-17(18)4-2-6-23(10-17)16(24)13-9-22(7-8-25-13)15-12-3-5-19-14(12)20-11-21-15;/h3,5,9,11H,2,4,6-8,10,18H2,1H3,(H,19,20,21);1H/t17-;/m0./s1. The number of anilines is 1. The second kappa shape index (κ2) is 7.46. The number of carbonyl (C=O) groups is 1. The van der Waals surface area contributed by atoms with Crippen molar-refractivity contribution in [3.8, 4) is 0 Å². The van der Waals surface area contributed by atoms with Gasteiger partial charge in [0.25, 0.3) is 5.91 Å². The van der Waals surface area contributed by atoms with Crippen molar-refractivity contribution in [1.29, 1.82) is 0 Å². The number of fused-ring (bicyclic) bond motifs is 1. The number of nitrogens with two attached hydrogens (primary N) is 1. The molecule has 2 aliphatic rings. The monoisotopic (exact) mass is 394 g/mol. The lowest BCUT2D eigenvalue weighted by Gasteiger charge is -2.38. The summed E-state index contributed by atoms with van der Waals surface area (Å²) in [5.41, 5.74) is 6.76. The smallest absolute Gasteiger partial charge is 0.261 e. The van der Waals surface area contributed by atoms with Gasteiger partial charge in [0.1, 0.15) is 17.8 Å². The minimum absolute atomic E-state index is 0. The van der Waals surface area contributed by atoms with Gasteiger partial charge in [0.05, 0.1) is 10.3 Å². The predicted octanol–water partition coefficient (Wildman–Crippen LogP) is 2.11. The third-order valence-electron chi connectivity index (χ3n) is 4.69. The molecule has 0 aromatic carbocycles. The number of piperidine rings is 1. The number of nitrogens with zero attached hydrogens (tertiary/aromatic N) is 4. The Labute approximate surface area is 162 Å². The van der Waals surface area contributed by atoms with Crippen molar-refractivity contribution in [2.24, 2.45) is 5.73 Å². The second-order valence-corrected chi connectivity index (χ2v) is 8.09. The molecule has 9 heteroatoms. The van der Waals surface area contributed by atoms with Gasteiger partial charge in [-0.05, 0) is 25.8 Å². The zero-order valence-corrected chi connectivity index (χ0v) is 16.3. The first-order valence-corrected chi connectivity index (χ1v) is 9.50. The Hall–Kier alpha value is -1.77. The molecule has 1 atom stereocenters. The van der Waals surface area contributed by atoms with Crippen molar-refractivity contribution in [1.82, 2.24) is 19.9 Å². The normalized spacial score (nSPS) is 23.5. The highest BCUT2D eigenvalue weighted by atomic mass is 35.5. The molecule has 0 spiro atoms. The fourth-order valence-electron chi connectivity index (χ4n) is 3.47. The summed E-state index contributed by atoms with van der Waals surface area (Å²) < 4.78 is 0. The van der Waals surface area contributed by atoms with Gasteiger partial charge in [-0.1, -0.05) is 0 Å². The lowest BCUT2D eigenvalue weighted by Crippen LogP contribution is -2.54. The minimum atomic E-state index is -0.294. The van der Waals surface area contributed by atoms with Crippen molar-refractivity contribution >= 4 is 46.9 Å². The summed E-state index contributed by atoms with van der Waals surface area (Å²) in [6.07, 6.45) is 7.24. The van der Waals surface area contributed by atoms with Crippen LogP contribution in [0.25, 0.3) is 11.0 Å². The Morgan fingerprint density at radius 1 is 1.38 bits per heavy atom. The summed E-state index contributed by atoms with van der Waals surface area (Å²) in [6, 6.07) is 1.96. The quantitative estimate of drug-likeness (QED) is 0.810. The van der Waals surface area contributed by atoms with E-state index < -0.39 is 0 Å². The maximum atomic E-state index is 12.9. The molecule has 4 heterocycles. The molecule has 1 amide bonds. The van der Waals surface area contributed by atoms with E-state index in [2.05, 4.69) is 15.0 Å². The highest BCUT2D eigenvalue weighted by molar-refractivity contribution is 8.04. The third kappa shape index (κ3) is 3.67. The Balaban J connectivity index is 0.00000196. The number of nitrogens with one attached hydrogen (secondary N) is 1. The number of thioether (sulfide) groups is 1. The molecule has 1 fully saturated rings. The zero-order chi connectivity index (χ0) is 17.4. The van der Waals surface area contributed by atoms with Gasteiger partial charge in [-0.2, -0.15) is 0 Å². The Morgan fingerprint density at radius 2 is 2.23 bits per heavy atom. The lowest BCUT2D eigenvalue weighted by molar-refractivity contribution is -0.128. The van der Waals surface area contributed by atoms with Crippen LogP contribution in [0.15, 0.2) is 29.7 Å². The number of halogens is 1. The van der Waals surface area contributed by atoms with Crippen LogP contribution in [0.4, 0.5) is 5.82 Å². The Bertz CT molecular complexity index is 836. The number of H-pyrrole nitrogens is 1. The van der Waals surface area contributed by atoms with E-state index in [-0.39, 0.29) is 23.9 Å². The van der Waals surface area contributed by atoms with Crippen molar-refractivity contribution in [3.05, 3.63) is 29.7 Å². The predicted molar refractivity (Wildman–Crippen MR) is 107 cm³/mol. The third-order valence-corrected chi connectivity index (χ3v) is 5.67. The number of aromatic nitrogens is 3. The molecule has 0 radical (unpaired) electrons. The zero-order valence-electron chi connectivity index (χ0n) is 14.6. The number of aromatic amines is 1. The van der Waals surface area contributed by atoms with E-state index in [4.69, 9.17) is 5.73 Å². The van der Waals surface area contributed by atoms with Gasteiger partial charge in [0.15, 0.2) is 0 Å². The summed E-state index contributed by atoms with van der Waals surface area (Å²) in [4.78, 5) is 29.4. The molecule has 2 aliphatic heterocycles. The molecule has 4 rings (SSSR count). The van der Waals surface area contributed by atoms with Crippen LogP contribution < -0.4 is 10.6 Å². The van der Waals surface area contributed by atoms with E-state index in [1.165, 1.54) is 0 Å². The van der Waals surface area contributed by atoms with E-state index in [0.717, 1.165) is 53.4 Å². The fourth-order valence-corrected chi connectivity index (χ4v) is 4.43. The van der Waals surface area contributed by atoms with Crippen LogP contribution in [0.1, 0.15) is 19.8 Å². The maximum Gasteiger partial charge on any atom is 0.261 e. The molecule has 0 unspecified atom stereocenters. The van der Waals surface area contributed by atoms with Gasteiger partial charge in [0, 0.05) is 43.3 Å². The molecule has 2 aromatic heterocycles. The van der Waals surface area contributed by atoms with E-state index in [1.54, 1.807) is 18.1 Å². The molecule has 140 valence electrons. The average Bonchev–Trinajstić information content (AvgIpc) is 3.09. The average molecular weight is 395 g/mol. The molecule has 7 nitrogen and oxygen atoms in total. The number of amides is 1. The molecular formula is C17H23ClN6OS. The van der Waals surface area contributed by atoms with Crippen molar-refractivity contribution in [2.75, 3.05) is 30.3 Å². The van der Waals surface area contributed by atoms with Gasteiger partial charge >= 0.3 is 0 Å². The van der Waals surface area contributed by atoms with Crippen molar-refractivity contribution in [3.63, 3.8) is 0 Å². The summed E-state index contributed by atoms with van der Waals surface area (Å²) in [5.74, 6) is 1.76. The first kappa shape index (κ1) is 19.0. The first-order valence-electron chi connectivity index (χ1n) is 8.51. The summed E-state index contributed by atoms with van der Waals surface area (Å²) in [7, 11) is 0. The number of likely N-dealkylation sites (tertiary alicyclic amines) is 1. The van der Waals surface area contributed by atoms with Crippen LogP contribution in [-0.2, 0) is 4.79 Å². The summed E-state index contributed by atoms with van der Waals surface area (Å²) in [5, 5.41) is 0.963. The van der Waals surface area contributed by atoms with E-state index in [0.29, 0.717) is 6.54 Å². The molecule has 2 aromatic rings. The fraction of sp³-hybridized carbons (Fsp3) is 0.471. The van der Waals surface area contributed by atoms with Crippen LogP contribution in [-0.4, -0.2) is 56.7 Å². The Morgan fingerprint density at radius 3 is 3.04 bits per heavy atom. The van der Waals surface area contributed by atoms with Crippen molar-refractivity contribution < 1.29 is 4.79 Å². The van der Waals surface area contributed by atoms with Gasteiger partial charge in [-0.3, -0.25) is 4.79 Å². The summed E-state index contributed by atoms with van der Waals surface area (Å²) >= 11 is 1.61. The molecule has 3 N–H and O–H groups in total. The maximum absolute atomic E-state index is 12.9. The number of hydrogen-bond acceptors (Lipinski definition) is 6. The van der Waals surface area contributed by atoms with E-state index in [1.807, 2.05) is 35.2 Å². The van der Waals surface area contributed by atoms with Gasteiger partial charge in [0.2, 0.25) is 0 Å². The molecular weight excluding hydrogens is 372 g/mol. The number of rotatable bonds is 2. The van der Waals surface area contributed by atoms with Crippen LogP contribution >= 0.6 is 24.2 Å². The van der Waals surface area contributed by atoms with Crippen molar-refractivity contribution in [2.45, 2.75) is 25.3 Å². The molecule has 26 heavy (non-hydrogen) atoms. The first-order chi connectivity index (χ1) is 12.0. The van der Waals surface area contributed by atoms with Crippen LogP contribution in [0.3, 0.4) is 0 Å². The number of hydrogen-bond donors (Lipinski definition) is 2. The largest absolute Gasteiger partial charge is 0.346 e. The minimum Gasteiger partial charge on any atom is -0.346 e. The number of carbonyl (C=O) groups excluding carboxylic acids is 1. The SMILES string of the molecule is C[C@]1(N)CCCN(C(=O)C2=CN(c3ncnc4[nH]ccc34)CCS2)C1.Cl. The van der Waals surface area contributed by atoms with Crippen LogP contribution in [0.5, 0.6) is 0 Å². The van der Waals surface area contributed by atoms with Crippen LogP contribution in [0, 0.1) is 0 Å². The molecule has 0 saturated carbocycles. The van der Waals surface area contributed by atoms with Gasteiger partial charge in [-0.25, -0.2) is 9.97 Å². The van der Waals surface area contributed by atoms with E-state index in [9.17, 15) is 4.79 Å². The molecule has 0 aliphatic carbocycles. The van der Waals surface area contributed by atoms with Gasteiger partial charge < -0.3 is 20.5 Å². The lowest BCUT2D eigenvalue weighted by atomic mass is 9.92. The molecule has 0 bridgehead atoms. The Kier molecular flexibility index (Phi) is 5.45. The van der Waals surface area contributed by atoms with Crippen LogP contribution in [0.2, 0.25) is 0 Å². The van der Waals surface area contributed by atoms with Gasteiger partial charge in [-0.15, -0.1) is 24.2 Å². The topological polar surface area (TPSA) is 91.1 Å². The molecule has 1 saturated heterocycles. The highest BCUT2D eigenvalue weighted by Crippen LogP contribution is 2.31. The van der Waals surface area contributed by atoms with E-state index >= 15 is 0 Å². The summed E-state index contributed by atoms with van der Waals surface area (Å²) in [6.45, 7) is 4.22. The second-order valence-electron chi connectivity index (χ2n) is 6.96. The highest BCUT2D eigenvalue weighted by Gasteiger charge is 2.32.